The van der Waals surface area contributed by atoms with Gasteiger partial charge in [-0.3, -0.25) is 0 Å². The summed E-state index contributed by atoms with van der Waals surface area (Å²) in [5.74, 6) is 0.395. The van der Waals surface area contributed by atoms with E-state index in [0.29, 0.717) is 16.6 Å². The summed E-state index contributed by atoms with van der Waals surface area (Å²) in [6, 6.07) is 4.61. The minimum absolute atomic E-state index is 0.234. The number of halogens is 2. The van der Waals surface area contributed by atoms with Crippen molar-refractivity contribution in [2.24, 2.45) is 5.92 Å². The first kappa shape index (κ1) is 12.7. The predicted molar refractivity (Wildman–Crippen MR) is 70.1 cm³/mol. The number of hydrogen-bond acceptors (Lipinski definition) is 2. The van der Waals surface area contributed by atoms with Crippen molar-refractivity contribution in [1.29, 1.82) is 0 Å². The van der Waals surface area contributed by atoms with Crippen molar-refractivity contribution in [3.8, 4) is 0 Å². The Morgan fingerprint density at radius 3 is 2.82 bits per heavy atom. The van der Waals surface area contributed by atoms with Crippen molar-refractivity contribution in [2.75, 3.05) is 32.0 Å². The van der Waals surface area contributed by atoms with E-state index in [1.54, 1.807) is 12.1 Å². The fourth-order valence-corrected chi connectivity index (χ4v) is 2.33. The van der Waals surface area contributed by atoms with Crippen LogP contribution in [0.2, 0.25) is 5.02 Å². The van der Waals surface area contributed by atoms with Crippen LogP contribution in [0.1, 0.15) is 12.8 Å². The Kier molecular flexibility index (Phi) is 4.24. The van der Waals surface area contributed by atoms with Crippen molar-refractivity contribution in [1.82, 2.24) is 4.90 Å². The molecule has 1 N–H and O–H groups in total. The fourth-order valence-electron chi connectivity index (χ4n) is 2.15. The summed E-state index contributed by atoms with van der Waals surface area (Å²) >= 11 is 5.84. The van der Waals surface area contributed by atoms with Crippen LogP contribution in [0, 0.1) is 11.7 Å². The normalized spacial score (nSPS) is 18.3. The standard InChI is InChI=1S/C13H18ClFN2/c1-17-6-4-10(5-7-17)9-16-13-8-11(14)2-3-12(13)15/h2-3,8,10,16H,4-7,9H2,1H3. The molecule has 0 unspecified atom stereocenters. The lowest BCUT2D eigenvalue weighted by Crippen LogP contribution is -2.33. The molecule has 0 radical (unpaired) electrons. The van der Waals surface area contributed by atoms with Gasteiger partial charge in [-0.25, -0.2) is 4.39 Å². The highest BCUT2D eigenvalue weighted by Crippen LogP contribution is 2.21. The van der Waals surface area contributed by atoms with Crippen LogP contribution in [0.5, 0.6) is 0 Å². The van der Waals surface area contributed by atoms with Crippen LogP contribution in [0.4, 0.5) is 10.1 Å². The predicted octanol–water partition coefficient (Wildman–Crippen LogP) is 3.23. The van der Waals surface area contributed by atoms with Gasteiger partial charge in [0.1, 0.15) is 5.82 Å². The molecule has 1 saturated heterocycles. The van der Waals surface area contributed by atoms with E-state index < -0.39 is 0 Å². The van der Waals surface area contributed by atoms with Gasteiger partial charge >= 0.3 is 0 Å². The van der Waals surface area contributed by atoms with Crippen molar-refractivity contribution in [3.05, 3.63) is 29.0 Å². The van der Waals surface area contributed by atoms with Gasteiger partial charge in [0.05, 0.1) is 5.69 Å². The van der Waals surface area contributed by atoms with Gasteiger partial charge < -0.3 is 10.2 Å². The Balaban J connectivity index is 1.87. The zero-order valence-electron chi connectivity index (χ0n) is 10.0. The molecule has 0 atom stereocenters. The lowest BCUT2D eigenvalue weighted by Gasteiger charge is -2.29. The van der Waals surface area contributed by atoms with Crippen molar-refractivity contribution < 1.29 is 4.39 Å². The molecule has 1 aromatic carbocycles. The van der Waals surface area contributed by atoms with Crippen LogP contribution in [-0.2, 0) is 0 Å². The van der Waals surface area contributed by atoms with E-state index in [4.69, 9.17) is 11.6 Å². The fraction of sp³-hybridized carbons (Fsp3) is 0.538. The highest BCUT2D eigenvalue weighted by Gasteiger charge is 2.16. The largest absolute Gasteiger partial charge is 0.382 e. The molecule has 2 rings (SSSR count). The van der Waals surface area contributed by atoms with Gasteiger partial charge in [-0.2, -0.15) is 0 Å². The van der Waals surface area contributed by atoms with E-state index in [1.807, 2.05) is 0 Å². The molecule has 0 saturated carbocycles. The molecular weight excluding hydrogens is 239 g/mol. The van der Waals surface area contributed by atoms with Gasteiger partial charge in [0.15, 0.2) is 0 Å². The third kappa shape index (κ3) is 3.58. The molecule has 0 bridgehead atoms. The first-order valence-corrected chi connectivity index (χ1v) is 6.40. The Morgan fingerprint density at radius 1 is 1.41 bits per heavy atom. The van der Waals surface area contributed by atoms with Crippen LogP contribution >= 0.6 is 11.6 Å². The van der Waals surface area contributed by atoms with Gasteiger partial charge in [-0.05, 0) is 57.1 Å². The number of nitrogens with one attached hydrogen (secondary N) is 1. The Morgan fingerprint density at radius 2 is 2.12 bits per heavy atom. The SMILES string of the molecule is CN1CCC(CNc2cc(Cl)ccc2F)CC1. The Bertz CT molecular complexity index is 376. The molecule has 1 aliphatic rings. The quantitative estimate of drug-likeness (QED) is 0.893. The van der Waals surface area contributed by atoms with Gasteiger partial charge in [-0.15, -0.1) is 0 Å². The monoisotopic (exact) mass is 256 g/mol. The first-order valence-electron chi connectivity index (χ1n) is 6.02. The summed E-state index contributed by atoms with van der Waals surface area (Å²) in [6.07, 6.45) is 2.34. The smallest absolute Gasteiger partial charge is 0.146 e. The number of piperidine rings is 1. The number of rotatable bonds is 3. The van der Waals surface area contributed by atoms with E-state index in [2.05, 4.69) is 17.3 Å². The first-order chi connectivity index (χ1) is 8.15. The molecule has 4 heteroatoms. The molecule has 1 aromatic rings. The molecule has 0 spiro atoms. The van der Waals surface area contributed by atoms with Crippen molar-refractivity contribution in [2.45, 2.75) is 12.8 Å². The van der Waals surface area contributed by atoms with E-state index >= 15 is 0 Å². The molecule has 1 fully saturated rings. The van der Waals surface area contributed by atoms with Crippen LogP contribution in [0.15, 0.2) is 18.2 Å². The van der Waals surface area contributed by atoms with Crippen LogP contribution in [0.25, 0.3) is 0 Å². The third-order valence-corrected chi connectivity index (χ3v) is 3.58. The summed E-state index contributed by atoms with van der Waals surface area (Å²) in [4.78, 5) is 2.33. The van der Waals surface area contributed by atoms with E-state index in [0.717, 1.165) is 19.6 Å². The zero-order chi connectivity index (χ0) is 12.3. The Labute approximate surface area is 107 Å². The summed E-state index contributed by atoms with van der Waals surface area (Å²) in [5.41, 5.74) is 0.511. The topological polar surface area (TPSA) is 15.3 Å². The van der Waals surface area contributed by atoms with Gasteiger partial charge in [0.2, 0.25) is 0 Å². The van der Waals surface area contributed by atoms with Crippen molar-refractivity contribution >= 4 is 17.3 Å². The number of likely N-dealkylation sites (tertiary alicyclic amines) is 1. The molecule has 0 aliphatic carbocycles. The number of hydrogen-bond donors (Lipinski definition) is 1. The maximum Gasteiger partial charge on any atom is 0.146 e. The molecule has 0 amide bonds. The van der Waals surface area contributed by atoms with Gasteiger partial charge in [-0.1, -0.05) is 11.6 Å². The lowest BCUT2D eigenvalue weighted by molar-refractivity contribution is 0.226. The minimum atomic E-state index is -0.234. The van der Waals surface area contributed by atoms with Crippen LogP contribution < -0.4 is 5.32 Å². The molecule has 1 heterocycles. The third-order valence-electron chi connectivity index (χ3n) is 3.35. The summed E-state index contributed by atoms with van der Waals surface area (Å²) in [5, 5.41) is 3.73. The van der Waals surface area contributed by atoms with Crippen molar-refractivity contribution in [3.63, 3.8) is 0 Å². The maximum atomic E-state index is 13.5. The maximum absolute atomic E-state index is 13.5. The molecule has 17 heavy (non-hydrogen) atoms. The van der Waals surface area contributed by atoms with E-state index in [1.165, 1.54) is 18.9 Å². The highest BCUT2D eigenvalue weighted by molar-refractivity contribution is 6.30. The van der Waals surface area contributed by atoms with E-state index in [-0.39, 0.29) is 5.82 Å². The second-order valence-corrected chi connectivity index (χ2v) is 5.19. The molecule has 0 aromatic heterocycles. The Hall–Kier alpha value is -0.800. The average Bonchev–Trinajstić information content (AvgIpc) is 2.32. The van der Waals surface area contributed by atoms with Gasteiger partial charge in [0, 0.05) is 11.6 Å². The van der Waals surface area contributed by atoms with Crippen LogP contribution in [0.3, 0.4) is 0 Å². The summed E-state index contributed by atoms with van der Waals surface area (Å²) in [6.45, 7) is 3.08. The summed E-state index contributed by atoms with van der Waals surface area (Å²) < 4.78 is 13.5. The number of benzene rings is 1. The second-order valence-electron chi connectivity index (χ2n) is 4.75. The lowest BCUT2D eigenvalue weighted by atomic mass is 9.97. The second kappa shape index (κ2) is 5.69. The molecule has 2 nitrogen and oxygen atoms in total. The van der Waals surface area contributed by atoms with Gasteiger partial charge in [0.25, 0.3) is 0 Å². The zero-order valence-corrected chi connectivity index (χ0v) is 10.8. The van der Waals surface area contributed by atoms with Crippen LogP contribution in [-0.4, -0.2) is 31.6 Å². The molecule has 1 aliphatic heterocycles. The molecule has 94 valence electrons. The highest BCUT2D eigenvalue weighted by atomic mass is 35.5. The average molecular weight is 257 g/mol. The molecular formula is C13H18ClFN2. The minimum Gasteiger partial charge on any atom is -0.382 e. The van der Waals surface area contributed by atoms with E-state index in [9.17, 15) is 4.39 Å². The number of nitrogens with zero attached hydrogens (tertiary/aromatic N) is 1. The number of anilines is 1. The summed E-state index contributed by atoms with van der Waals surface area (Å²) in [7, 11) is 2.14.